The summed E-state index contributed by atoms with van der Waals surface area (Å²) in [6, 6.07) is 27.3. The van der Waals surface area contributed by atoms with Gasteiger partial charge in [-0.15, -0.1) is 0 Å². The molecule has 1 unspecified atom stereocenters. The quantitative estimate of drug-likeness (QED) is 0.360. The standard InChI is InChI=1S/C29H22N2O4/c32-29(25-13-12-23(35-25)18-6-2-1-3-7-18)31-15-14-21-20-8-4-5-9-22(20)30-27(21)28(31)19-10-11-24-26(16-19)34-17-33-24/h1-13,16,28,30H,14-15,17H2. The van der Waals surface area contributed by atoms with Gasteiger partial charge in [-0.1, -0.05) is 54.6 Å². The minimum Gasteiger partial charge on any atom is -0.454 e. The van der Waals surface area contributed by atoms with Gasteiger partial charge < -0.3 is 23.8 Å². The molecular formula is C29H22N2O4. The number of nitrogens with one attached hydrogen (secondary N) is 1. The Morgan fingerprint density at radius 1 is 0.886 bits per heavy atom. The summed E-state index contributed by atoms with van der Waals surface area (Å²) in [5.41, 5.74) is 5.25. The summed E-state index contributed by atoms with van der Waals surface area (Å²) in [5, 5.41) is 1.20. The molecule has 6 heteroatoms. The number of fused-ring (bicyclic) bond motifs is 4. The first kappa shape index (κ1) is 20.0. The molecular weight excluding hydrogens is 440 g/mol. The van der Waals surface area contributed by atoms with Gasteiger partial charge in [-0.2, -0.15) is 0 Å². The Bertz CT molecular complexity index is 1570. The number of amides is 1. The second-order valence-electron chi connectivity index (χ2n) is 8.86. The van der Waals surface area contributed by atoms with E-state index in [0.29, 0.717) is 23.8 Å². The number of rotatable bonds is 3. The maximum absolute atomic E-state index is 13.8. The summed E-state index contributed by atoms with van der Waals surface area (Å²) in [7, 11) is 0. The highest BCUT2D eigenvalue weighted by atomic mass is 16.7. The molecule has 0 spiro atoms. The van der Waals surface area contributed by atoms with Gasteiger partial charge in [-0.05, 0) is 47.9 Å². The lowest BCUT2D eigenvalue weighted by atomic mass is 9.92. The van der Waals surface area contributed by atoms with Crippen molar-refractivity contribution in [2.24, 2.45) is 0 Å². The van der Waals surface area contributed by atoms with Crippen LogP contribution < -0.4 is 9.47 Å². The van der Waals surface area contributed by atoms with Crippen LogP contribution in [0.25, 0.3) is 22.2 Å². The average Bonchev–Trinajstić information content (AvgIpc) is 3.66. The van der Waals surface area contributed by atoms with Crippen LogP contribution in [-0.2, 0) is 6.42 Å². The number of hydrogen-bond donors (Lipinski definition) is 1. The van der Waals surface area contributed by atoms with Crippen LogP contribution in [0, 0.1) is 0 Å². The number of H-pyrrole nitrogens is 1. The van der Waals surface area contributed by atoms with Crippen LogP contribution in [0.2, 0.25) is 0 Å². The molecule has 172 valence electrons. The number of carbonyl (C=O) groups is 1. The van der Waals surface area contributed by atoms with Crippen molar-refractivity contribution in [2.75, 3.05) is 13.3 Å². The molecule has 2 aromatic heterocycles. The Hall–Kier alpha value is -4.45. The molecule has 0 fully saturated rings. The molecule has 2 aliphatic rings. The van der Waals surface area contributed by atoms with Crippen molar-refractivity contribution in [3.05, 3.63) is 108 Å². The fourth-order valence-corrected chi connectivity index (χ4v) is 5.24. The van der Waals surface area contributed by atoms with Gasteiger partial charge in [-0.3, -0.25) is 4.79 Å². The van der Waals surface area contributed by atoms with Crippen LogP contribution in [0.1, 0.15) is 33.4 Å². The molecule has 0 bridgehead atoms. The van der Waals surface area contributed by atoms with E-state index in [0.717, 1.165) is 34.5 Å². The molecule has 35 heavy (non-hydrogen) atoms. The number of carbonyl (C=O) groups excluding carboxylic acids is 1. The zero-order valence-electron chi connectivity index (χ0n) is 18.9. The SMILES string of the molecule is O=C(c1ccc(-c2ccccc2)o1)N1CCc2c([nH]c3ccccc23)C1c1ccc2c(c1)OCO2. The summed E-state index contributed by atoms with van der Waals surface area (Å²) >= 11 is 0. The van der Waals surface area contributed by atoms with Gasteiger partial charge in [0.1, 0.15) is 5.76 Å². The van der Waals surface area contributed by atoms with Crippen molar-refractivity contribution in [2.45, 2.75) is 12.5 Å². The van der Waals surface area contributed by atoms with E-state index in [2.05, 4.69) is 23.2 Å². The monoisotopic (exact) mass is 462 g/mol. The van der Waals surface area contributed by atoms with Crippen LogP contribution >= 0.6 is 0 Å². The molecule has 2 aliphatic heterocycles. The predicted octanol–water partition coefficient (Wildman–Crippen LogP) is 5.94. The van der Waals surface area contributed by atoms with E-state index in [9.17, 15) is 4.79 Å². The van der Waals surface area contributed by atoms with Crippen molar-refractivity contribution in [3.63, 3.8) is 0 Å². The van der Waals surface area contributed by atoms with Crippen molar-refractivity contribution in [1.82, 2.24) is 9.88 Å². The number of furan rings is 1. The van der Waals surface area contributed by atoms with E-state index < -0.39 is 0 Å². The smallest absolute Gasteiger partial charge is 0.290 e. The van der Waals surface area contributed by atoms with Crippen LogP contribution in [0.3, 0.4) is 0 Å². The van der Waals surface area contributed by atoms with Crippen LogP contribution in [0.15, 0.2) is 89.3 Å². The topological polar surface area (TPSA) is 67.7 Å². The van der Waals surface area contributed by atoms with Gasteiger partial charge in [0.15, 0.2) is 17.3 Å². The second-order valence-corrected chi connectivity index (χ2v) is 8.86. The normalized spacial score (nSPS) is 16.5. The zero-order chi connectivity index (χ0) is 23.4. The van der Waals surface area contributed by atoms with E-state index in [-0.39, 0.29) is 18.7 Å². The summed E-state index contributed by atoms with van der Waals surface area (Å²) in [6.07, 6.45) is 0.762. The lowest BCUT2D eigenvalue weighted by Gasteiger charge is -2.35. The number of aromatic amines is 1. The molecule has 6 nitrogen and oxygen atoms in total. The van der Waals surface area contributed by atoms with E-state index in [4.69, 9.17) is 13.9 Å². The van der Waals surface area contributed by atoms with Crippen LogP contribution in [0.4, 0.5) is 0 Å². The van der Waals surface area contributed by atoms with E-state index in [1.165, 1.54) is 10.9 Å². The Balaban J connectivity index is 1.33. The Morgan fingerprint density at radius 2 is 1.71 bits per heavy atom. The molecule has 1 N–H and O–H groups in total. The molecule has 3 aromatic carbocycles. The molecule has 1 amide bonds. The van der Waals surface area contributed by atoms with Gasteiger partial charge in [-0.25, -0.2) is 0 Å². The highest BCUT2D eigenvalue weighted by Gasteiger charge is 2.36. The van der Waals surface area contributed by atoms with Crippen LogP contribution in [0.5, 0.6) is 11.5 Å². The van der Waals surface area contributed by atoms with Gasteiger partial charge >= 0.3 is 0 Å². The number of benzene rings is 3. The van der Waals surface area contributed by atoms with E-state index >= 15 is 0 Å². The van der Waals surface area contributed by atoms with E-state index in [1.54, 1.807) is 6.07 Å². The van der Waals surface area contributed by atoms with Gasteiger partial charge in [0.2, 0.25) is 6.79 Å². The van der Waals surface area contributed by atoms with Gasteiger partial charge in [0.05, 0.1) is 6.04 Å². The van der Waals surface area contributed by atoms with Crippen molar-refractivity contribution in [3.8, 4) is 22.8 Å². The summed E-state index contributed by atoms with van der Waals surface area (Å²) in [6.45, 7) is 0.784. The van der Waals surface area contributed by atoms with Crippen LogP contribution in [-0.4, -0.2) is 29.1 Å². The fraction of sp³-hybridized carbons (Fsp3) is 0.138. The summed E-state index contributed by atoms with van der Waals surface area (Å²) in [4.78, 5) is 19.3. The Kier molecular flexibility index (Phi) is 4.45. The maximum atomic E-state index is 13.8. The number of aromatic nitrogens is 1. The molecule has 7 rings (SSSR count). The Labute approximate surface area is 201 Å². The third kappa shape index (κ3) is 3.21. The zero-order valence-corrected chi connectivity index (χ0v) is 18.9. The largest absolute Gasteiger partial charge is 0.454 e. The number of ether oxygens (including phenoxy) is 2. The van der Waals surface area contributed by atoms with Crippen molar-refractivity contribution in [1.29, 1.82) is 0 Å². The molecule has 5 aromatic rings. The molecule has 0 saturated heterocycles. The number of nitrogens with zero attached hydrogens (tertiary/aromatic N) is 1. The molecule has 4 heterocycles. The third-order valence-corrected chi connectivity index (χ3v) is 6.88. The second kappa shape index (κ2) is 7.81. The third-order valence-electron chi connectivity index (χ3n) is 6.88. The minimum absolute atomic E-state index is 0.140. The van der Waals surface area contributed by atoms with Gasteiger partial charge in [0, 0.05) is 28.7 Å². The summed E-state index contributed by atoms with van der Waals surface area (Å²) in [5.74, 6) is 2.28. The number of para-hydroxylation sites is 1. The first-order valence-electron chi connectivity index (χ1n) is 11.7. The average molecular weight is 463 g/mol. The minimum atomic E-state index is -0.307. The highest BCUT2D eigenvalue weighted by Crippen LogP contribution is 2.42. The van der Waals surface area contributed by atoms with Crippen molar-refractivity contribution >= 4 is 16.8 Å². The first-order chi connectivity index (χ1) is 17.3. The lowest BCUT2D eigenvalue weighted by Crippen LogP contribution is -2.40. The predicted molar refractivity (Wildman–Crippen MR) is 132 cm³/mol. The lowest BCUT2D eigenvalue weighted by molar-refractivity contribution is 0.0660. The van der Waals surface area contributed by atoms with Crippen molar-refractivity contribution < 1.29 is 18.7 Å². The molecule has 1 atom stereocenters. The van der Waals surface area contributed by atoms with E-state index in [1.807, 2.05) is 65.6 Å². The fourth-order valence-electron chi connectivity index (χ4n) is 5.24. The molecule has 0 radical (unpaired) electrons. The molecule has 0 aliphatic carbocycles. The highest BCUT2D eigenvalue weighted by molar-refractivity contribution is 5.94. The maximum Gasteiger partial charge on any atom is 0.290 e. The summed E-state index contributed by atoms with van der Waals surface area (Å²) < 4.78 is 17.2. The first-order valence-corrected chi connectivity index (χ1v) is 11.7. The Morgan fingerprint density at radius 3 is 2.63 bits per heavy atom. The van der Waals surface area contributed by atoms with Gasteiger partial charge in [0.25, 0.3) is 5.91 Å². The molecule has 0 saturated carbocycles. The number of hydrogen-bond acceptors (Lipinski definition) is 4.